The molecule has 1 aliphatic rings. The van der Waals surface area contributed by atoms with Crippen molar-refractivity contribution >= 4 is 17.4 Å². The second-order valence-corrected chi connectivity index (χ2v) is 5.67. The first-order chi connectivity index (χ1) is 11.1. The zero-order valence-corrected chi connectivity index (χ0v) is 13.5. The summed E-state index contributed by atoms with van der Waals surface area (Å²) in [5.41, 5.74) is 2.58. The van der Waals surface area contributed by atoms with E-state index in [1.165, 1.54) is 0 Å². The Morgan fingerprint density at radius 3 is 2.91 bits per heavy atom. The minimum Gasteiger partial charge on any atom is -0.497 e. The molecule has 120 valence electrons. The average Bonchev–Trinajstić information content (AvgIpc) is 2.54. The van der Waals surface area contributed by atoms with E-state index in [2.05, 4.69) is 5.32 Å². The molecule has 1 atom stereocenters. The fourth-order valence-electron chi connectivity index (χ4n) is 2.63. The molecule has 5 heteroatoms. The molecule has 0 spiro atoms. The van der Waals surface area contributed by atoms with E-state index in [-0.39, 0.29) is 12.1 Å². The van der Waals surface area contributed by atoms with Gasteiger partial charge in [0, 0.05) is 11.8 Å². The van der Waals surface area contributed by atoms with Crippen LogP contribution < -0.4 is 19.7 Å². The molecule has 0 fully saturated rings. The molecule has 3 rings (SSSR count). The van der Waals surface area contributed by atoms with E-state index in [9.17, 15) is 4.79 Å². The van der Waals surface area contributed by atoms with Gasteiger partial charge in [-0.3, -0.25) is 4.90 Å². The summed E-state index contributed by atoms with van der Waals surface area (Å²) in [6.07, 6.45) is -0.0544. The summed E-state index contributed by atoms with van der Waals surface area (Å²) >= 11 is 0. The van der Waals surface area contributed by atoms with Crippen molar-refractivity contribution in [3.63, 3.8) is 0 Å². The highest BCUT2D eigenvalue weighted by Gasteiger charge is 2.27. The molecule has 23 heavy (non-hydrogen) atoms. The van der Waals surface area contributed by atoms with E-state index in [0.29, 0.717) is 18.0 Å². The summed E-state index contributed by atoms with van der Waals surface area (Å²) in [6, 6.07) is 13.0. The lowest BCUT2D eigenvalue weighted by atomic mass is 10.1. The molecule has 2 amide bonds. The number of nitrogens with zero attached hydrogens (tertiary/aromatic N) is 1. The number of methoxy groups -OCH3 is 1. The van der Waals surface area contributed by atoms with E-state index < -0.39 is 0 Å². The summed E-state index contributed by atoms with van der Waals surface area (Å²) < 4.78 is 11.0. The van der Waals surface area contributed by atoms with Crippen molar-refractivity contribution in [3.8, 4) is 11.5 Å². The lowest BCUT2D eigenvalue weighted by molar-refractivity contribution is 0.208. The Labute approximate surface area is 135 Å². The molecule has 1 aliphatic heterocycles. The molecular weight excluding hydrogens is 292 g/mol. The topological polar surface area (TPSA) is 50.8 Å². The van der Waals surface area contributed by atoms with Gasteiger partial charge in [-0.1, -0.05) is 12.1 Å². The maximum atomic E-state index is 12.7. The van der Waals surface area contributed by atoms with Crippen LogP contribution in [0.25, 0.3) is 0 Å². The number of urea groups is 1. The van der Waals surface area contributed by atoms with E-state index in [1.807, 2.05) is 50.2 Å². The summed E-state index contributed by atoms with van der Waals surface area (Å²) in [6.45, 7) is 4.46. The van der Waals surface area contributed by atoms with Gasteiger partial charge in [0.15, 0.2) is 0 Å². The minimum absolute atomic E-state index is 0.0544. The largest absolute Gasteiger partial charge is 0.497 e. The molecule has 0 radical (unpaired) electrons. The van der Waals surface area contributed by atoms with Gasteiger partial charge in [0.25, 0.3) is 0 Å². The molecule has 0 aliphatic carbocycles. The third-order valence-corrected chi connectivity index (χ3v) is 3.74. The second kappa shape index (κ2) is 6.20. The van der Waals surface area contributed by atoms with Crippen LogP contribution in [0.3, 0.4) is 0 Å². The summed E-state index contributed by atoms with van der Waals surface area (Å²) in [5, 5.41) is 2.92. The molecule has 0 saturated carbocycles. The van der Waals surface area contributed by atoms with E-state index in [4.69, 9.17) is 9.47 Å². The maximum Gasteiger partial charge on any atom is 0.326 e. The van der Waals surface area contributed by atoms with Crippen LogP contribution in [0.5, 0.6) is 11.5 Å². The molecule has 0 unspecified atom stereocenters. The number of carbonyl (C=O) groups excluding carboxylic acids is 1. The molecule has 2 aromatic rings. The summed E-state index contributed by atoms with van der Waals surface area (Å²) in [5.74, 6) is 1.43. The monoisotopic (exact) mass is 312 g/mol. The number of hydrogen-bond donors (Lipinski definition) is 1. The van der Waals surface area contributed by atoms with Crippen LogP contribution in [-0.2, 0) is 0 Å². The lowest BCUT2D eigenvalue weighted by Gasteiger charge is -2.33. The number of carbonyl (C=O) groups is 1. The number of hydrogen-bond acceptors (Lipinski definition) is 3. The van der Waals surface area contributed by atoms with Crippen molar-refractivity contribution in [2.75, 3.05) is 23.9 Å². The number of ether oxygens (including phenoxy) is 2. The molecule has 0 bridgehead atoms. The van der Waals surface area contributed by atoms with Gasteiger partial charge in [0.1, 0.15) is 17.6 Å². The van der Waals surface area contributed by atoms with Crippen LogP contribution in [0.15, 0.2) is 42.5 Å². The van der Waals surface area contributed by atoms with Crippen molar-refractivity contribution in [2.24, 2.45) is 0 Å². The van der Waals surface area contributed by atoms with E-state index in [0.717, 1.165) is 17.0 Å². The number of amides is 2. The molecule has 5 nitrogen and oxygen atoms in total. The molecule has 1 heterocycles. The van der Waals surface area contributed by atoms with Gasteiger partial charge in [0.2, 0.25) is 0 Å². The Morgan fingerprint density at radius 1 is 1.30 bits per heavy atom. The third-order valence-electron chi connectivity index (χ3n) is 3.74. The van der Waals surface area contributed by atoms with Crippen molar-refractivity contribution < 1.29 is 14.3 Å². The predicted octanol–water partition coefficient (Wildman–Crippen LogP) is 3.82. The van der Waals surface area contributed by atoms with Crippen molar-refractivity contribution in [1.29, 1.82) is 0 Å². The maximum absolute atomic E-state index is 12.7. The first-order valence-corrected chi connectivity index (χ1v) is 7.56. The average molecular weight is 312 g/mol. The Hall–Kier alpha value is -2.69. The highest BCUT2D eigenvalue weighted by molar-refractivity contribution is 6.03. The van der Waals surface area contributed by atoms with Crippen LogP contribution >= 0.6 is 0 Å². The number of benzene rings is 2. The van der Waals surface area contributed by atoms with Gasteiger partial charge >= 0.3 is 6.03 Å². The van der Waals surface area contributed by atoms with Crippen LogP contribution in [0.1, 0.15) is 12.5 Å². The molecule has 2 aromatic carbocycles. The smallest absolute Gasteiger partial charge is 0.326 e. The SMILES string of the molecule is COc1cccc(NC(=O)N2C[C@H](C)Oc3ccc(C)cc32)c1. The van der Waals surface area contributed by atoms with Gasteiger partial charge in [0.05, 0.1) is 19.3 Å². The van der Waals surface area contributed by atoms with Crippen molar-refractivity contribution in [2.45, 2.75) is 20.0 Å². The number of rotatable bonds is 2. The van der Waals surface area contributed by atoms with E-state index in [1.54, 1.807) is 18.1 Å². The number of anilines is 2. The fraction of sp³-hybridized carbons (Fsp3) is 0.278. The van der Waals surface area contributed by atoms with Crippen LogP contribution in [0.2, 0.25) is 0 Å². The Morgan fingerprint density at radius 2 is 2.13 bits per heavy atom. The molecule has 0 saturated heterocycles. The van der Waals surface area contributed by atoms with Gasteiger partial charge in [-0.2, -0.15) is 0 Å². The first-order valence-electron chi connectivity index (χ1n) is 7.56. The number of aryl methyl sites for hydroxylation is 1. The number of nitrogens with one attached hydrogen (secondary N) is 1. The Kier molecular flexibility index (Phi) is 4.10. The normalized spacial score (nSPS) is 16.3. The van der Waals surface area contributed by atoms with Gasteiger partial charge < -0.3 is 14.8 Å². The van der Waals surface area contributed by atoms with Gasteiger partial charge in [-0.15, -0.1) is 0 Å². The summed E-state index contributed by atoms with van der Waals surface area (Å²) in [7, 11) is 1.60. The zero-order chi connectivity index (χ0) is 16.4. The molecular formula is C18H20N2O3. The minimum atomic E-state index is -0.180. The zero-order valence-electron chi connectivity index (χ0n) is 13.5. The summed E-state index contributed by atoms with van der Waals surface area (Å²) in [4.78, 5) is 14.4. The quantitative estimate of drug-likeness (QED) is 0.917. The van der Waals surface area contributed by atoms with Crippen LogP contribution in [0, 0.1) is 6.92 Å². The van der Waals surface area contributed by atoms with Gasteiger partial charge in [-0.05, 0) is 43.7 Å². The third kappa shape index (κ3) is 3.23. The Balaban J connectivity index is 1.86. The second-order valence-electron chi connectivity index (χ2n) is 5.67. The first kappa shape index (κ1) is 15.2. The number of fused-ring (bicyclic) bond motifs is 1. The standard InChI is InChI=1S/C18H20N2O3/c1-12-7-8-17-16(9-12)20(11-13(2)23-17)18(21)19-14-5-4-6-15(10-14)22-3/h4-10,13H,11H2,1-3H3,(H,19,21)/t13-/m0/s1. The van der Waals surface area contributed by atoms with Crippen LogP contribution in [0.4, 0.5) is 16.2 Å². The fourth-order valence-corrected chi connectivity index (χ4v) is 2.63. The van der Waals surface area contributed by atoms with Crippen molar-refractivity contribution in [1.82, 2.24) is 0 Å². The van der Waals surface area contributed by atoms with Crippen LogP contribution in [-0.4, -0.2) is 25.8 Å². The molecule has 1 N–H and O–H groups in total. The predicted molar refractivity (Wildman–Crippen MR) is 90.6 cm³/mol. The van der Waals surface area contributed by atoms with E-state index >= 15 is 0 Å². The highest BCUT2D eigenvalue weighted by Crippen LogP contribution is 2.34. The van der Waals surface area contributed by atoms with Crippen molar-refractivity contribution in [3.05, 3.63) is 48.0 Å². The van der Waals surface area contributed by atoms with Gasteiger partial charge in [-0.25, -0.2) is 4.79 Å². The molecule has 0 aromatic heterocycles. The lowest BCUT2D eigenvalue weighted by Crippen LogP contribution is -2.44. The highest BCUT2D eigenvalue weighted by atomic mass is 16.5. The Bertz CT molecular complexity index is 730.